The lowest BCUT2D eigenvalue weighted by atomic mass is 10.1. The third kappa shape index (κ3) is 3.01. The van der Waals surface area contributed by atoms with Gasteiger partial charge in [0, 0.05) is 23.7 Å². The van der Waals surface area contributed by atoms with Crippen molar-refractivity contribution in [1.29, 1.82) is 0 Å². The van der Waals surface area contributed by atoms with Gasteiger partial charge in [-0.15, -0.1) is 0 Å². The molecule has 0 aliphatic heterocycles. The van der Waals surface area contributed by atoms with Gasteiger partial charge < -0.3 is 9.84 Å². The van der Waals surface area contributed by atoms with E-state index >= 15 is 0 Å². The molecule has 6 heteroatoms. The maximum atomic E-state index is 13.1. The van der Waals surface area contributed by atoms with Crippen molar-refractivity contribution in [2.24, 2.45) is 0 Å². The van der Waals surface area contributed by atoms with E-state index < -0.39 is 5.82 Å². The summed E-state index contributed by atoms with van der Waals surface area (Å²) in [6, 6.07) is 12.5. The Morgan fingerprint density at radius 1 is 1.18 bits per heavy atom. The van der Waals surface area contributed by atoms with Crippen LogP contribution in [0.15, 0.2) is 53.1 Å². The summed E-state index contributed by atoms with van der Waals surface area (Å²) in [6.07, 6.45) is 0. The van der Waals surface area contributed by atoms with Crippen LogP contribution in [0.25, 0.3) is 11.4 Å². The molecule has 0 atom stereocenters. The molecule has 2 aromatic carbocycles. The number of amides is 1. The van der Waals surface area contributed by atoms with Crippen molar-refractivity contribution in [2.45, 2.75) is 6.92 Å². The van der Waals surface area contributed by atoms with Gasteiger partial charge in [0.1, 0.15) is 5.82 Å². The van der Waals surface area contributed by atoms with Crippen LogP contribution < -0.4 is 5.32 Å². The minimum atomic E-state index is -0.455. The molecule has 3 aromatic rings. The molecule has 3 rings (SSSR count). The predicted octanol–water partition coefficient (Wildman–Crippen LogP) is 3.44. The first-order chi connectivity index (χ1) is 10.6. The number of hydrogen-bond donors (Lipinski definition) is 1. The topological polar surface area (TPSA) is 68.0 Å². The molecular weight excluding hydrogens is 285 g/mol. The smallest absolute Gasteiger partial charge is 0.255 e. The SMILES string of the molecule is Cc1nc(-c2cccc(NC(=O)c3cccc(F)c3)c2)no1. The van der Waals surface area contributed by atoms with Gasteiger partial charge in [0.05, 0.1) is 0 Å². The zero-order chi connectivity index (χ0) is 15.5. The molecule has 1 heterocycles. The van der Waals surface area contributed by atoms with E-state index in [2.05, 4.69) is 15.5 Å². The Labute approximate surface area is 125 Å². The highest BCUT2D eigenvalue weighted by molar-refractivity contribution is 6.04. The van der Waals surface area contributed by atoms with E-state index in [1.807, 2.05) is 6.07 Å². The minimum Gasteiger partial charge on any atom is -0.339 e. The number of nitrogens with one attached hydrogen (secondary N) is 1. The van der Waals surface area contributed by atoms with Crippen LogP contribution in [0.1, 0.15) is 16.2 Å². The number of aromatic nitrogens is 2. The lowest BCUT2D eigenvalue weighted by molar-refractivity contribution is 0.102. The zero-order valence-corrected chi connectivity index (χ0v) is 11.7. The summed E-state index contributed by atoms with van der Waals surface area (Å²) in [6.45, 7) is 1.70. The highest BCUT2D eigenvalue weighted by Gasteiger charge is 2.09. The highest BCUT2D eigenvalue weighted by Crippen LogP contribution is 2.20. The van der Waals surface area contributed by atoms with Crippen LogP contribution in [0.2, 0.25) is 0 Å². The Bertz CT molecular complexity index is 830. The van der Waals surface area contributed by atoms with Crippen molar-refractivity contribution >= 4 is 11.6 Å². The summed E-state index contributed by atoms with van der Waals surface area (Å²) in [5, 5.41) is 6.54. The normalized spacial score (nSPS) is 10.5. The minimum absolute atomic E-state index is 0.251. The van der Waals surface area contributed by atoms with E-state index in [9.17, 15) is 9.18 Å². The molecular formula is C16H12FN3O2. The highest BCUT2D eigenvalue weighted by atomic mass is 19.1. The van der Waals surface area contributed by atoms with Crippen LogP contribution in [-0.2, 0) is 0 Å². The lowest BCUT2D eigenvalue weighted by Crippen LogP contribution is -2.12. The molecule has 0 saturated heterocycles. The van der Waals surface area contributed by atoms with E-state index in [1.54, 1.807) is 31.2 Å². The average molecular weight is 297 g/mol. The van der Waals surface area contributed by atoms with Crippen molar-refractivity contribution in [3.05, 3.63) is 65.8 Å². The number of hydrogen-bond acceptors (Lipinski definition) is 4. The van der Waals surface area contributed by atoms with Gasteiger partial charge in [-0.05, 0) is 30.3 Å². The van der Waals surface area contributed by atoms with Crippen molar-refractivity contribution in [3.8, 4) is 11.4 Å². The first-order valence-electron chi connectivity index (χ1n) is 6.59. The second kappa shape index (κ2) is 5.77. The first kappa shape index (κ1) is 13.9. The van der Waals surface area contributed by atoms with Crippen molar-refractivity contribution in [2.75, 3.05) is 5.32 Å². The van der Waals surface area contributed by atoms with E-state index in [4.69, 9.17) is 4.52 Å². The molecule has 0 radical (unpaired) electrons. The van der Waals surface area contributed by atoms with E-state index in [1.165, 1.54) is 18.2 Å². The van der Waals surface area contributed by atoms with Gasteiger partial charge in [-0.1, -0.05) is 23.4 Å². The monoisotopic (exact) mass is 297 g/mol. The summed E-state index contributed by atoms with van der Waals surface area (Å²) in [5.41, 5.74) is 1.53. The molecule has 0 fully saturated rings. The van der Waals surface area contributed by atoms with Crippen LogP contribution in [0.5, 0.6) is 0 Å². The Morgan fingerprint density at radius 2 is 2.00 bits per heavy atom. The van der Waals surface area contributed by atoms with Crippen molar-refractivity contribution < 1.29 is 13.7 Å². The molecule has 1 amide bonds. The zero-order valence-electron chi connectivity index (χ0n) is 11.7. The van der Waals surface area contributed by atoms with Crippen LogP contribution in [0, 0.1) is 12.7 Å². The maximum absolute atomic E-state index is 13.1. The average Bonchev–Trinajstić information content (AvgIpc) is 2.94. The summed E-state index contributed by atoms with van der Waals surface area (Å²) < 4.78 is 18.1. The number of nitrogens with zero attached hydrogens (tertiary/aromatic N) is 2. The van der Waals surface area contributed by atoms with Crippen LogP contribution in [0.3, 0.4) is 0 Å². The van der Waals surface area contributed by atoms with Crippen LogP contribution in [0.4, 0.5) is 10.1 Å². The molecule has 1 aromatic heterocycles. The molecule has 5 nitrogen and oxygen atoms in total. The van der Waals surface area contributed by atoms with E-state index in [-0.39, 0.29) is 11.5 Å². The molecule has 0 aliphatic carbocycles. The van der Waals surface area contributed by atoms with Gasteiger partial charge in [0.15, 0.2) is 0 Å². The quantitative estimate of drug-likeness (QED) is 0.804. The standard InChI is InChI=1S/C16H12FN3O2/c1-10-18-15(20-22-10)11-4-3-7-14(9-11)19-16(21)12-5-2-6-13(17)8-12/h2-9H,1H3,(H,19,21). The van der Waals surface area contributed by atoms with Gasteiger partial charge in [0.25, 0.3) is 5.91 Å². The second-order valence-electron chi connectivity index (χ2n) is 4.68. The molecule has 0 aliphatic rings. The fraction of sp³-hybridized carbons (Fsp3) is 0.0625. The second-order valence-corrected chi connectivity index (χ2v) is 4.68. The Hall–Kier alpha value is -3.02. The van der Waals surface area contributed by atoms with Gasteiger partial charge in [0.2, 0.25) is 11.7 Å². The number of carbonyl (C=O) groups is 1. The molecule has 22 heavy (non-hydrogen) atoms. The third-order valence-electron chi connectivity index (χ3n) is 2.99. The summed E-state index contributed by atoms with van der Waals surface area (Å²) in [7, 11) is 0. The molecule has 1 N–H and O–H groups in total. The Kier molecular flexibility index (Phi) is 3.65. The van der Waals surface area contributed by atoms with E-state index in [0.29, 0.717) is 23.0 Å². The molecule has 110 valence electrons. The summed E-state index contributed by atoms with van der Waals surface area (Å²) in [5.74, 6) is 0.0631. The van der Waals surface area contributed by atoms with Gasteiger partial charge in [-0.2, -0.15) is 4.98 Å². The molecule has 0 saturated carbocycles. The maximum Gasteiger partial charge on any atom is 0.255 e. The first-order valence-corrected chi connectivity index (χ1v) is 6.59. The molecule has 0 bridgehead atoms. The number of benzene rings is 2. The summed E-state index contributed by atoms with van der Waals surface area (Å²) >= 11 is 0. The fourth-order valence-electron chi connectivity index (χ4n) is 1.99. The van der Waals surface area contributed by atoms with Gasteiger partial charge in [-0.3, -0.25) is 4.79 Å². The molecule has 0 spiro atoms. The molecule has 0 unspecified atom stereocenters. The van der Waals surface area contributed by atoms with Crippen LogP contribution >= 0.6 is 0 Å². The fourth-order valence-corrected chi connectivity index (χ4v) is 1.99. The van der Waals surface area contributed by atoms with Gasteiger partial charge >= 0.3 is 0 Å². The number of rotatable bonds is 3. The van der Waals surface area contributed by atoms with Crippen LogP contribution in [-0.4, -0.2) is 16.0 Å². The number of anilines is 1. The third-order valence-corrected chi connectivity index (χ3v) is 2.99. The number of halogens is 1. The largest absolute Gasteiger partial charge is 0.339 e. The Balaban J connectivity index is 1.82. The lowest BCUT2D eigenvalue weighted by Gasteiger charge is -2.06. The van der Waals surface area contributed by atoms with E-state index in [0.717, 1.165) is 0 Å². The number of aryl methyl sites for hydroxylation is 1. The van der Waals surface area contributed by atoms with Crippen molar-refractivity contribution in [3.63, 3.8) is 0 Å². The Morgan fingerprint density at radius 3 is 2.73 bits per heavy atom. The number of carbonyl (C=O) groups excluding carboxylic acids is 1. The predicted molar refractivity (Wildman–Crippen MR) is 78.8 cm³/mol. The van der Waals surface area contributed by atoms with Crippen molar-refractivity contribution in [1.82, 2.24) is 10.1 Å². The summed E-state index contributed by atoms with van der Waals surface area (Å²) in [4.78, 5) is 16.2. The van der Waals surface area contributed by atoms with Gasteiger partial charge in [-0.25, -0.2) is 4.39 Å².